The lowest BCUT2D eigenvalue weighted by Crippen LogP contribution is -2.60. The third-order valence-corrected chi connectivity index (χ3v) is 5.69. The van der Waals surface area contributed by atoms with Crippen LogP contribution in [0.5, 0.6) is 0 Å². The minimum atomic E-state index is -5.06. The molecule has 0 aliphatic heterocycles. The summed E-state index contributed by atoms with van der Waals surface area (Å²) in [7, 11) is 0. The molecule has 10 heteroatoms. The second kappa shape index (κ2) is 6.26. The molecule has 140 valence electrons. The Morgan fingerprint density at radius 2 is 2.08 bits per heavy atom. The molecule has 0 saturated carbocycles. The van der Waals surface area contributed by atoms with Crippen molar-refractivity contribution in [3.05, 3.63) is 29.1 Å². The summed E-state index contributed by atoms with van der Waals surface area (Å²) in [4.78, 5) is 12.5. The van der Waals surface area contributed by atoms with Gasteiger partial charge in [-0.15, -0.1) is 0 Å². The quantitative estimate of drug-likeness (QED) is 0.413. The highest BCUT2D eigenvalue weighted by atomic mass is 79.9. The van der Waals surface area contributed by atoms with Gasteiger partial charge in [-0.25, -0.2) is 4.39 Å². The maximum Gasteiger partial charge on any atom is 0.404 e. The average Bonchev–Trinajstić information content (AvgIpc) is 2.94. The van der Waals surface area contributed by atoms with Gasteiger partial charge < -0.3 is 4.74 Å². The zero-order valence-corrected chi connectivity index (χ0v) is 15.9. The number of aromatic amines is 1. The standard InChI is InChI=1S/C15H16BrClF4N2O2/c1-8(2)25-11(24)12(3)7-13(15(19,20)21,10-4-5-22-23-10)14(16,18)6-9(12)17/h4-6,8H,7H2,1-3H3,(H,22,23). The zero-order chi connectivity index (χ0) is 19.3. The summed E-state index contributed by atoms with van der Waals surface area (Å²) in [6, 6.07) is 1.02. The van der Waals surface area contributed by atoms with Crippen LogP contribution >= 0.6 is 27.5 Å². The van der Waals surface area contributed by atoms with E-state index in [0.29, 0.717) is 6.08 Å². The van der Waals surface area contributed by atoms with Crippen molar-refractivity contribution in [1.82, 2.24) is 10.2 Å². The molecule has 1 aromatic heterocycles. The molecule has 3 unspecified atom stereocenters. The lowest BCUT2D eigenvalue weighted by molar-refractivity contribution is -0.221. The summed E-state index contributed by atoms with van der Waals surface area (Å²) in [5.41, 5.74) is -5.52. The van der Waals surface area contributed by atoms with Crippen LogP contribution in [0.15, 0.2) is 23.4 Å². The SMILES string of the molecule is CC(C)OC(=O)C1(C)CC(c2ccn[nH]2)(C(F)(F)F)C(F)(Br)C=C1Cl. The minimum Gasteiger partial charge on any atom is -0.462 e. The number of halogens is 6. The van der Waals surface area contributed by atoms with Crippen LogP contribution in [0.4, 0.5) is 17.6 Å². The number of ether oxygens (including phenoxy) is 1. The maximum atomic E-state index is 15.2. The van der Waals surface area contributed by atoms with Gasteiger partial charge in [0.1, 0.15) is 5.41 Å². The number of hydrogen-bond donors (Lipinski definition) is 1. The number of carbonyl (C=O) groups excluding carboxylic acids is 1. The lowest BCUT2D eigenvalue weighted by atomic mass is 9.63. The van der Waals surface area contributed by atoms with E-state index in [0.717, 1.165) is 12.3 Å². The molecule has 0 spiro atoms. The molecular weight excluding hydrogens is 432 g/mol. The number of carbonyl (C=O) groups is 1. The first kappa shape index (κ1) is 20.2. The van der Waals surface area contributed by atoms with Gasteiger partial charge in [0, 0.05) is 11.2 Å². The summed E-state index contributed by atoms with van der Waals surface area (Å²) < 4.78 is 59.5. The van der Waals surface area contributed by atoms with Crippen LogP contribution in [0, 0.1) is 5.41 Å². The van der Waals surface area contributed by atoms with Crippen molar-refractivity contribution in [1.29, 1.82) is 0 Å². The zero-order valence-electron chi connectivity index (χ0n) is 13.5. The van der Waals surface area contributed by atoms with Gasteiger partial charge in [-0.2, -0.15) is 18.3 Å². The Morgan fingerprint density at radius 1 is 1.48 bits per heavy atom. The van der Waals surface area contributed by atoms with Crippen LogP contribution < -0.4 is 0 Å². The topological polar surface area (TPSA) is 55.0 Å². The van der Waals surface area contributed by atoms with E-state index < -0.39 is 45.8 Å². The first-order chi connectivity index (χ1) is 11.3. The minimum absolute atomic E-state index is 0.364. The van der Waals surface area contributed by atoms with E-state index in [-0.39, 0.29) is 5.03 Å². The van der Waals surface area contributed by atoms with Crippen LogP contribution in [0.2, 0.25) is 0 Å². The Labute approximate surface area is 155 Å². The molecule has 2 rings (SSSR count). The summed E-state index contributed by atoms with van der Waals surface area (Å²) in [5.74, 6) is -0.958. The molecule has 1 heterocycles. The lowest BCUT2D eigenvalue weighted by Gasteiger charge is -2.48. The van der Waals surface area contributed by atoms with Gasteiger partial charge in [-0.1, -0.05) is 11.6 Å². The van der Waals surface area contributed by atoms with Gasteiger partial charge in [0.05, 0.1) is 11.8 Å². The van der Waals surface area contributed by atoms with Gasteiger partial charge in [0.2, 0.25) is 4.58 Å². The van der Waals surface area contributed by atoms with Crippen LogP contribution in [0.3, 0.4) is 0 Å². The fourth-order valence-electron chi connectivity index (χ4n) is 2.90. The number of esters is 1. The molecule has 25 heavy (non-hydrogen) atoms. The highest BCUT2D eigenvalue weighted by Crippen LogP contribution is 2.63. The molecule has 0 saturated heterocycles. The third kappa shape index (κ3) is 3.09. The molecule has 1 aliphatic carbocycles. The molecule has 3 atom stereocenters. The van der Waals surface area contributed by atoms with Crippen molar-refractivity contribution in [2.75, 3.05) is 0 Å². The second-order valence-corrected chi connectivity index (χ2v) is 8.01. The number of alkyl halides is 5. The van der Waals surface area contributed by atoms with Gasteiger partial charge in [-0.3, -0.25) is 9.89 Å². The summed E-state index contributed by atoms with van der Waals surface area (Å²) in [6.45, 7) is 4.31. The van der Waals surface area contributed by atoms with Crippen molar-refractivity contribution in [3.8, 4) is 0 Å². The third-order valence-electron chi connectivity index (χ3n) is 4.26. The van der Waals surface area contributed by atoms with E-state index in [2.05, 4.69) is 26.1 Å². The van der Waals surface area contributed by atoms with E-state index in [9.17, 15) is 18.0 Å². The molecule has 0 aromatic carbocycles. The fourth-order valence-corrected chi connectivity index (χ4v) is 4.13. The van der Waals surface area contributed by atoms with Crippen molar-refractivity contribution in [3.63, 3.8) is 0 Å². The van der Waals surface area contributed by atoms with Gasteiger partial charge >= 0.3 is 12.1 Å². The highest BCUT2D eigenvalue weighted by molar-refractivity contribution is 9.10. The largest absolute Gasteiger partial charge is 0.462 e. The molecular formula is C15H16BrClF4N2O2. The van der Waals surface area contributed by atoms with Crippen molar-refractivity contribution in [2.45, 2.75) is 49.5 Å². The van der Waals surface area contributed by atoms with Crippen molar-refractivity contribution in [2.24, 2.45) is 5.41 Å². The Kier molecular flexibility index (Phi) is 5.07. The van der Waals surface area contributed by atoms with E-state index in [4.69, 9.17) is 16.3 Å². The van der Waals surface area contributed by atoms with E-state index >= 15 is 4.39 Å². The first-order valence-electron chi connectivity index (χ1n) is 7.32. The summed E-state index contributed by atoms with van der Waals surface area (Å²) in [5, 5.41) is 5.31. The average molecular weight is 448 g/mol. The number of nitrogens with zero attached hydrogens (tertiary/aromatic N) is 1. The van der Waals surface area contributed by atoms with Gasteiger partial charge in [-0.05, 0) is 55.3 Å². The van der Waals surface area contributed by atoms with E-state index in [1.165, 1.54) is 6.92 Å². The summed E-state index contributed by atoms with van der Waals surface area (Å²) >= 11 is 8.54. The molecule has 0 bridgehead atoms. The van der Waals surface area contributed by atoms with Gasteiger partial charge in [0.15, 0.2) is 5.41 Å². The first-order valence-corrected chi connectivity index (χ1v) is 8.49. The molecule has 0 fully saturated rings. The van der Waals surface area contributed by atoms with Crippen LogP contribution in [-0.4, -0.2) is 33.0 Å². The monoisotopic (exact) mass is 446 g/mol. The Hall–Kier alpha value is -1.09. The predicted molar refractivity (Wildman–Crippen MR) is 87.0 cm³/mol. The van der Waals surface area contributed by atoms with Crippen LogP contribution in [-0.2, 0) is 14.9 Å². The maximum absolute atomic E-state index is 15.2. The smallest absolute Gasteiger partial charge is 0.404 e. The molecule has 1 aliphatic rings. The summed E-state index contributed by atoms with van der Waals surface area (Å²) in [6.07, 6.45) is -4.98. The number of nitrogens with one attached hydrogen (secondary N) is 1. The Balaban J connectivity index is 2.71. The molecule has 1 aromatic rings. The van der Waals surface area contributed by atoms with Crippen LogP contribution in [0.1, 0.15) is 32.9 Å². The van der Waals surface area contributed by atoms with E-state index in [1.54, 1.807) is 13.8 Å². The molecule has 0 amide bonds. The van der Waals surface area contributed by atoms with E-state index in [1.807, 2.05) is 0 Å². The Bertz CT molecular complexity index is 690. The molecule has 0 radical (unpaired) electrons. The Morgan fingerprint density at radius 3 is 2.52 bits per heavy atom. The normalized spacial score (nSPS) is 33.3. The number of allylic oxidation sites excluding steroid dienone is 1. The van der Waals surface area contributed by atoms with Crippen molar-refractivity contribution >= 4 is 33.5 Å². The number of aromatic nitrogens is 2. The molecule has 1 N–H and O–H groups in total. The van der Waals surface area contributed by atoms with Crippen LogP contribution in [0.25, 0.3) is 0 Å². The fraction of sp³-hybridized carbons (Fsp3) is 0.600. The van der Waals surface area contributed by atoms with Gasteiger partial charge in [0.25, 0.3) is 0 Å². The number of hydrogen-bond acceptors (Lipinski definition) is 3. The number of rotatable bonds is 3. The second-order valence-electron chi connectivity index (χ2n) is 6.45. The molecule has 4 nitrogen and oxygen atoms in total. The predicted octanol–water partition coefficient (Wildman–Crippen LogP) is 4.75. The van der Waals surface area contributed by atoms with Crippen molar-refractivity contribution < 1.29 is 27.1 Å². The number of H-pyrrole nitrogens is 1. The highest BCUT2D eigenvalue weighted by Gasteiger charge is 2.73.